The summed E-state index contributed by atoms with van der Waals surface area (Å²) in [6, 6.07) is 23.7. The third kappa shape index (κ3) is 10.2. The largest absolute Gasteiger partial charge is 0.744 e. The number of nitrogens with zero attached hydrogens (tertiary/aromatic N) is 2. The number of anilines is 1. The van der Waals surface area contributed by atoms with Crippen molar-refractivity contribution in [1.82, 2.24) is 5.32 Å². The van der Waals surface area contributed by atoms with Crippen molar-refractivity contribution >= 4 is 72.6 Å². The number of phenols is 2. The van der Waals surface area contributed by atoms with Gasteiger partial charge in [0.15, 0.2) is 5.75 Å². The van der Waals surface area contributed by atoms with Crippen molar-refractivity contribution in [3.8, 4) is 28.7 Å². The Kier molecular flexibility index (Phi) is 13.3. The Morgan fingerprint density at radius 2 is 1.61 bits per heavy atom. The second kappa shape index (κ2) is 18.5. The second-order valence-corrected chi connectivity index (χ2v) is 15.3. The molecule has 0 bridgehead atoms. The van der Waals surface area contributed by atoms with E-state index < -0.39 is 32.6 Å². The third-order valence-corrected chi connectivity index (χ3v) is 10.3. The quantitative estimate of drug-likeness (QED) is 0.0181. The van der Waals surface area contributed by atoms with E-state index in [0.29, 0.717) is 60.3 Å². The summed E-state index contributed by atoms with van der Waals surface area (Å²) < 4.78 is 52.0. The van der Waals surface area contributed by atoms with Gasteiger partial charge in [-0.1, -0.05) is 42.0 Å². The van der Waals surface area contributed by atoms with E-state index in [4.69, 9.17) is 9.47 Å². The van der Waals surface area contributed by atoms with Crippen molar-refractivity contribution in [3.05, 3.63) is 108 Å². The molecule has 0 saturated carbocycles. The maximum atomic E-state index is 13.3. The lowest BCUT2D eigenvalue weighted by Crippen LogP contribution is -2.25. The number of rotatable bonds is 16. The predicted octanol–water partition coefficient (Wildman–Crippen LogP) is 7.91. The monoisotopic (exact) mass is 840 g/mol. The first-order valence-corrected chi connectivity index (χ1v) is 20.0. The number of carbonyl (C=O) groups is 2. The maximum absolute atomic E-state index is 13.3. The molecule has 6 aromatic rings. The van der Waals surface area contributed by atoms with Gasteiger partial charge < -0.3 is 40.1 Å². The molecule has 0 aliphatic rings. The SMILES string of the molecule is CC(=O)Nc1cc(S(=O)(=O)[O-])cc2cc(SOO[O-])c(N=Nc3ccc(Oc4cc(C(=O)NCCCCOc5ccc(C)cc5C)c(O)c5ccccc45)cc3)c(O)c12. The van der Waals surface area contributed by atoms with Gasteiger partial charge in [0, 0.05) is 29.6 Å². The van der Waals surface area contributed by atoms with Crippen LogP contribution in [0.2, 0.25) is 0 Å². The van der Waals surface area contributed by atoms with Gasteiger partial charge in [-0.25, -0.2) is 8.42 Å². The van der Waals surface area contributed by atoms with E-state index in [1.165, 1.54) is 24.3 Å². The molecule has 0 spiro atoms. The van der Waals surface area contributed by atoms with Crippen LogP contribution in [0.15, 0.2) is 111 Å². The van der Waals surface area contributed by atoms with Crippen molar-refractivity contribution in [1.29, 1.82) is 0 Å². The van der Waals surface area contributed by atoms with E-state index in [-0.39, 0.29) is 44.0 Å². The van der Waals surface area contributed by atoms with Crippen molar-refractivity contribution in [2.24, 2.45) is 10.2 Å². The molecule has 0 aliphatic heterocycles. The predicted molar refractivity (Wildman–Crippen MR) is 215 cm³/mol. The number of aryl methyl sites for hydroxylation is 2. The number of amides is 2. The zero-order valence-corrected chi connectivity index (χ0v) is 33.3. The van der Waals surface area contributed by atoms with Crippen LogP contribution in [0, 0.1) is 13.8 Å². The first kappa shape index (κ1) is 42.3. The highest BCUT2D eigenvalue weighted by atomic mass is 32.2. The highest BCUT2D eigenvalue weighted by Gasteiger charge is 2.21. The van der Waals surface area contributed by atoms with Crippen LogP contribution < -0.4 is 25.4 Å². The van der Waals surface area contributed by atoms with Gasteiger partial charge in [0.2, 0.25) is 5.91 Å². The summed E-state index contributed by atoms with van der Waals surface area (Å²) in [5, 5.41) is 50.9. The third-order valence-electron chi connectivity index (χ3n) is 8.87. The molecule has 4 N–H and O–H groups in total. The molecule has 0 atom stereocenters. The smallest absolute Gasteiger partial charge is 0.255 e. The number of carbonyl (C=O) groups excluding carboxylic acids is 2. The molecular formula is C41H36N4O12S2-2. The Morgan fingerprint density at radius 1 is 0.864 bits per heavy atom. The molecule has 6 rings (SSSR count). The normalized spacial score (nSPS) is 11.6. The highest BCUT2D eigenvalue weighted by molar-refractivity contribution is 7.94. The summed E-state index contributed by atoms with van der Waals surface area (Å²) in [6.45, 7) is 6.00. The first-order valence-electron chi connectivity index (χ1n) is 17.9. The molecule has 6 aromatic carbocycles. The Balaban J connectivity index is 1.20. The fourth-order valence-electron chi connectivity index (χ4n) is 6.17. The van der Waals surface area contributed by atoms with Gasteiger partial charge in [0.05, 0.1) is 45.4 Å². The van der Waals surface area contributed by atoms with Crippen LogP contribution >= 0.6 is 12.0 Å². The molecule has 0 radical (unpaired) electrons. The van der Waals surface area contributed by atoms with Gasteiger partial charge in [-0.2, -0.15) is 9.45 Å². The minimum absolute atomic E-state index is 0.0160. The molecule has 16 nitrogen and oxygen atoms in total. The van der Waals surface area contributed by atoms with Crippen molar-refractivity contribution < 1.29 is 56.9 Å². The molecule has 0 saturated heterocycles. The van der Waals surface area contributed by atoms with Gasteiger partial charge in [-0.15, -0.1) is 5.11 Å². The number of hydrogen-bond donors (Lipinski definition) is 4. The molecule has 0 fully saturated rings. The fourth-order valence-corrected chi connectivity index (χ4v) is 7.20. The number of fused-ring (bicyclic) bond motifs is 2. The maximum Gasteiger partial charge on any atom is 0.255 e. The van der Waals surface area contributed by atoms with Crippen LogP contribution in [-0.2, 0) is 24.3 Å². The van der Waals surface area contributed by atoms with E-state index >= 15 is 0 Å². The summed E-state index contributed by atoms with van der Waals surface area (Å²) in [5.74, 6) is -0.437. The molecule has 0 aliphatic carbocycles. The molecule has 0 aromatic heterocycles. The lowest BCUT2D eigenvalue weighted by atomic mass is 10.0. The molecule has 306 valence electrons. The first-order chi connectivity index (χ1) is 28.2. The highest BCUT2D eigenvalue weighted by Crippen LogP contribution is 2.47. The van der Waals surface area contributed by atoms with E-state index in [0.717, 1.165) is 35.9 Å². The summed E-state index contributed by atoms with van der Waals surface area (Å²) in [5.41, 5.74) is 2.05. The lowest BCUT2D eigenvalue weighted by molar-refractivity contribution is -0.777. The van der Waals surface area contributed by atoms with Gasteiger partial charge in [0.1, 0.15) is 38.8 Å². The Bertz CT molecular complexity index is 2690. The molecule has 59 heavy (non-hydrogen) atoms. The Hall–Kier alpha value is -6.28. The zero-order chi connectivity index (χ0) is 42.3. The number of ether oxygens (including phenoxy) is 2. The number of nitrogens with one attached hydrogen (secondary N) is 2. The number of hydrogen-bond acceptors (Lipinski definition) is 15. The topological polar surface area (TPSA) is 241 Å². The number of azo groups is 1. The van der Waals surface area contributed by atoms with Crippen molar-refractivity contribution in [2.75, 3.05) is 18.5 Å². The minimum atomic E-state index is -4.99. The van der Waals surface area contributed by atoms with Gasteiger partial charge in [-0.05, 0) is 92.2 Å². The van der Waals surface area contributed by atoms with Crippen LogP contribution in [0.4, 0.5) is 17.1 Å². The summed E-state index contributed by atoms with van der Waals surface area (Å²) in [7, 11) is -4.99. The van der Waals surface area contributed by atoms with Crippen LogP contribution in [-0.4, -0.2) is 48.1 Å². The van der Waals surface area contributed by atoms with Gasteiger partial charge in [0.25, 0.3) is 5.91 Å². The van der Waals surface area contributed by atoms with E-state index in [9.17, 15) is 38.0 Å². The minimum Gasteiger partial charge on any atom is -0.744 e. The molecule has 18 heteroatoms. The zero-order valence-electron chi connectivity index (χ0n) is 31.7. The summed E-state index contributed by atoms with van der Waals surface area (Å²) in [4.78, 5) is 24.5. The molecule has 2 amide bonds. The number of phenolic OH excluding ortho intramolecular Hbond substituents is 2. The molecule has 0 heterocycles. The average molecular weight is 841 g/mol. The summed E-state index contributed by atoms with van der Waals surface area (Å²) >= 11 is 0.325. The second-order valence-electron chi connectivity index (χ2n) is 13.2. The molecular weight excluding hydrogens is 805 g/mol. The van der Waals surface area contributed by atoms with Crippen LogP contribution in [0.3, 0.4) is 0 Å². The van der Waals surface area contributed by atoms with Crippen LogP contribution in [0.5, 0.6) is 28.7 Å². The van der Waals surface area contributed by atoms with E-state index in [1.54, 1.807) is 36.4 Å². The van der Waals surface area contributed by atoms with Crippen LogP contribution in [0.25, 0.3) is 21.5 Å². The van der Waals surface area contributed by atoms with E-state index in [2.05, 4.69) is 36.3 Å². The summed E-state index contributed by atoms with van der Waals surface area (Å²) in [6.07, 6.45) is 1.35. The standard InChI is InChI=1S/C41H38N4O12S2/c1-23-10-15-34(24(2)18-23)54-17-7-6-16-42-41(49)32-22-35(30-8-4-5-9-31(30)39(32)47)55-28-13-11-27(12-14-28)44-45-38-36(58-57-56-50)20-26-19-29(59(51,52)53)21-33(43-25(3)46)37(26)40(38)48/h4-5,8-15,18-22,47-48,50H,6-7,16-17H2,1-3H3,(H,42,49)(H,43,46)(H,51,52,53)/p-2. The average Bonchev–Trinajstić information content (AvgIpc) is 3.19. The Morgan fingerprint density at radius 3 is 2.31 bits per heavy atom. The van der Waals surface area contributed by atoms with Crippen molar-refractivity contribution in [2.45, 2.75) is 43.4 Å². The van der Waals surface area contributed by atoms with Gasteiger partial charge >= 0.3 is 0 Å². The van der Waals surface area contributed by atoms with Crippen molar-refractivity contribution in [3.63, 3.8) is 0 Å². The number of aromatic hydroxyl groups is 2. The van der Waals surface area contributed by atoms with Gasteiger partial charge in [-0.3, -0.25) is 14.6 Å². The van der Waals surface area contributed by atoms with E-state index in [1.807, 2.05) is 26.0 Å². The fraction of sp³-hybridized carbons (Fsp3) is 0.171. The molecule has 0 unspecified atom stereocenters. The lowest BCUT2D eigenvalue weighted by Gasteiger charge is -2.16. The van der Waals surface area contributed by atoms with Crippen LogP contribution in [0.1, 0.15) is 41.3 Å². The number of unbranched alkanes of at least 4 members (excludes halogenated alkanes) is 1. The Labute approximate surface area is 342 Å². The number of benzene rings is 6.